The lowest BCUT2D eigenvalue weighted by Gasteiger charge is -2.35. The molecule has 6 nitrogen and oxygen atoms in total. The van der Waals surface area contributed by atoms with Gasteiger partial charge in [0.25, 0.3) is 5.91 Å². The van der Waals surface area contributed by atoms with E-state index >= 15 is 0 Å². The first-order chi connectivity index (χ1) is 11.2. The molecule has 3 amide bonds. The van der Waals surface area contributed by atoms with Gasteiger partial charge in [0.15, 0.2) is 0 Å². The smallest absolute Gasteiger partial charge is 0.325 e. The molecule has 0 aliphatic carbocycles. The zero-order valence-electron chi connectivity index (χ0n) is 13.5. The van der Waals surface area contributed by atoms with E-state index in [2.05, 4.69) is 32.6 Å². The monoisotopic (exact) mass is 336 g/mol. The Morgan fingerprint density at radius 1 is 1.22 bits per heavy atom. The largest absolute Gasteiger partial charge is 0.326 e. The van der Waals surface area contributed by atoms with Crippen LogP contribution in [0.25, 0.3) is 0 Å². The molecule has 0 radical (unpaired) electrons. The van der Waals surface area contributed by atoms with Crippen LogP contribution in [0.4, 0.5) is 4.79 Å². The van der Waals surface area contributed by atoms with Crippen molar-refractivity contribution in [2.45, 2.75) is 32.4 Å². The Hall–Kier alpha value is -1.44. The Kier molecular flexibility index (Phi) is 5.30. The van der Waals surface area contributed by atoms with E-state index in [4.69, 9.17) is 0 Å². The molecule has 2 aliphatic rings. The molecule has 0 spiro atoms. The van der Waals surface area contributed by atoms with Gasteiger partial charge in [0.1, 0.15) is 6.04 Å². The number of carbonyl (C=O) groups is 2. The Bertz CT molecular complexity index is 540. The number of nitrogens with one attached hydrogen (secondary N) is 1. The number of rotatable bonds is 6. The summed E-state index contributed by atoms with van der Waals surface area (Å²) < 4.78 is 0. The number of imide groups is 1. The summed E-state index contributed by atoms with van der Waals surface area (Å²) >= 11 is 1.79. The summed E-state index contributed by atoms with van der Waals surface area (Å²) in [4.78, 5) is 31.6. The molecule has 126 valence electrons. The molecule has 2 fully saturated rings. The second-order valence-electron chi connectivity index (χ2n) is 6.17. The highest BCUT2D eigenvalue weighted by Crippen LogP contribution is 2.15. The third kappa shape index (κ3) is 3.91. The van der Waals surface area contributed by atoms with Crippen molar-refractivity contribution in [3.05, 3.63) is 22.4 Å². The van der Waals surface area contributed by atoms with Gasteiger partial charge in [0.05, 0.1) is 6.67 Å². The minimum Gasteiger partial charge on any atom is -0.326 e. The van der Waals surface area contributed by atoms with Gasteiger partial charge >= 0.3 is 6.03 Å². The predicted molar refractivity (Wildman–Crippen MR) is 90.1 cm³/mol. The Labute approximate surface area is 141 Å². The van der Waals surface area contributed by atoms with Gasteiger partial charge < -0.3 is 5.32 Å². The highest BCUT2D eigenvalue weighted by atomic mass is 32.1. The first-order valence-electron chi connectivity index (χ1n) is 8.26. The average Bonchev–Trinajstić information content (AvgIpc) is 3.14. The predicted octanol–water partition coefficient (Wildman–Crippen LogP) is 1.54. The van der Waals surface area contributed by atoms with Gasteiger partial charge in [-0.15, -0.1) is 11.3 Å². The second-order valence-corrected chi connectivity index (χ2v) is 7.20. The van der Waals surface area contributed by atoms with Crippen molar-refractivity contribution in [3.63, 3.8) is 0 Å². The third-order valence-electron chi connectivity index (χ3n) is 4.45. The lowest BCUT2D eigenvalue weighted by atomic mass is 10.2. The molecule has 2 aliphatic heterocycles. The highest BCUT2D eigenvalue weighted by Gasteiger charge is 2.38. The summed E-state index contributed by atoms with van der Waals surface area (Å²) in [6, 6.07) is 3.68. The summed E-state index contributed by atoms with van der Waals surface area (Å²) in [6.07, 6.45) is 1.61. The van der Waals surface area contributed by atoms with E-state index in [9.17, 15) is 9.59 Å². The van der Waals surface area contributed by atoms with Crippen molar-refractivity contribution in [1.29, 1.82) is 0 Å². The maximum atomic E-state index is 12.3. The number of urea groups is 1. The fraction of sp³-hybridized carbons (Fsp3) is 0.625. The van der Waals surface area contributed by atoms with Crippen LogP contribution in [-0.2, 0) is 11.3 Å². The summed E-state index contributed by atoms with van der Waals surface area (Å²) in [5, 5.41) is 4.89. The summed E-state index contributed by atoms with van der Waals surface area (Å²) in [6.45, 7) is 7.15. The van der Waals surface area contributed by atoms with Gasteiger partial charge in [0, 0.05) is 37.6 Å². The third-order valence-corrected chi connectivity index (χ3v) is 5.31. The molecular formula is C16H24N4O2S. The molecule has 1 aromatic rings. The number of hydrogen-bond donors (Lipinski definition) is 1. The van der Waals surface area contributed by atoms with Crippen LogP contribution in [0.2, 0.25) is 0 Å². The Morgan fingerprint density at radius 3 is 2.61 bits per heavy atom. The molecule has 0 aromatic carbocycles. The van der Waals surface area contributed by atoms with Crippen LogP contribution in [0.1, 0.15) is 24.6 Å². The molecule has 3 heterocycles. The van der Waals surface area contributed by atoms with Gasteiger partial charge in [0.2, 0.25) is 0 Å². The number of carbonyl (C=O) groups excluding carboxylic acids is 2. The first kappa shape index (κ1) is 16.4. The lowest BCUT2D eigenvalue weighted by Crippen LogP contribution is -2.51. The van der Waals surface area contributed by atoms with Crippen LogP contribution in [0.3, 0.4) is 0 Å². The maximum absolute atomic E-state index is 12.3. The molecule has 1 N–H and O–H groups in total. The minimum atomic E-state index is -0.326. The van der Waals surface area contributed by atoms with E-state index in [1.54, 1.807) is 11.3 Å². The number of hydrogen-bond acceptors (Lipinski definition) is 5. The van der Waals surface area contributed by atoms with Crippen LogP contribution in [-0.4, -0.2) is 65.5 Å². The van der Waals surface area contributed by atoms with Gasteiger partial charge in [-0.1, -0.05) is 19.4 Å². The van der Waals surface area contributed by atoms with Gasteiger partial charge in [-0.25, -0.2) is 9.69 Å². The summed E-state index contributed by atoms with van der Waals surface area (Å²) in [5.41, 5.74) is 0. The zero-order valence-corrected chi connectivity index (χ0v) is 14.3. The van der Waals surface area contributed by atoms with Crippen molar-refractivity contribution >= 4 is 23.3 Å². The molecule has 0 unspecified atom stereocenters. The first-order valence-corrected chi connectivity index (χ1v) is 9.14. The molecule has 2 saturated heterocycles. The lowest BCUT2D eigenvalue weighted by molar-refractivity contribution is -0.129. The summed E-state index contributed by atoms with van der Waals surface area (Å²) in [5.74, 6) is -0.0714. The van der Waals surface area contributed by atoms with Crippen LogP contribution < -0.4 is 5.32 Å². The fourth-order valence-electron chi connectivity index (χ4n) is 3.11. The maximum Gasteiger partial charge on any atom is 0.325 e. The molecule has 1 aromatic heterocycles. The van der Waals surface area contributed by atoms with Crippen molar-refractivity contribution in [2.75, 3.05) is 32.8 Å². The molecule has 0 saturated carbocycles. The standard InChI is InChI=1S/C16H24N4O2S/c1-2-4-14-15(21)20(16(22)17-14)12-19-8-6-18(7-9-19)11-13-5-3-10-23-13/h3,5,10,14H,2,4,6-9,11-12H2,1H3,(H,17,22)/t14-/m1/s1. The van der Waals surface area contributed by atoms with E-state index in [0.29, 0.717) is 6.67 Å². The SMILES string of the molecule is CCC[C@H]1NC(=O)N(CN2CCN(Cc3cccs3)CC2)C1=O. The van der Waals surface area contributed by atoms with Crippen LogP contribution in [0, 0.1) is 0 Å². The second kappa shape index (κ2) is 7.42. The normalized spacial score (nSPS) is 23.5. The van der Waals surface area contributed by atoms with Gasteiger partial charge in [-0.3, -0.25) is 14.6 Å². The van der Waals surface area contributed by atoms with Gasteiger partial charge in [-0.05, 0) is 17.9 Å². The van der Waals surface area contributed by atoms with Gasteiger partial charge in [-0.2, -0.15) is 0 Å². The zero-order chi connectivity index (χ0) is 16.2. The molecule has 1 atom stereocenters. The molecule has 0 bridgehead atoms. The van der Waals surface area contributed by atoms with Crippen molar-refractivity contribution in [2.24, 2.45) is 0 Å². The van der Waals surface area contributed by atoms with Crippen molar-refractivity contribution in [3.8, 4) is 0 Å². The Balaban J connectivity index is 1.47. The number of amides is 3. The van der Waals surface area contributed by atoms with E-state index in [1.807, 2.05) is 6.92 Å². The van der Waals surface area contributed by atoms with E-state index in [0.717, 1.165) is 45.6 Å². The number of thiophene rings is 1. The minimum absolute atomic E-state index is 0.0714. The van der Waals surface area contributed by atoms with Crippen LogP contribution in [0.5, 0.6) is 0 Å². The van der Waals surface area contributed by atoms with E-state index in [-0.39, 0.29) is 18.0 Å². The molecule has 3 rings (SSSR count). The van der Waals surface area contributed by atoms with E-state index < -0.39 is 0 Å². The van der Waals surface area contributed by atoms with Crippen molar-refractivity contribution in [1.82, 2.24) is 20.0 Å². The molecule has 23 heavy (non-hydrogen) atoms. The molecule has 7 heteroatoms. The number of piperazine rings is 1. The number of nitrogens with zero attached hydrogens (tertiary/aromatic N) is 3. The molecular weight excluding hydrogens is 312 g/mol. The average molecular weight is 336 g/mol. The van der Waals surface area contributed by atoms with Crippen LogP contribution in [0.15, 0.2) is 17.5 Å². The van der Waals surface area contributed by atoms with E-state index in [1.165, 1.54) is 9.78 Å². The Morgan fingerprint density at radius 2 is 1.96 bits per heavy atom. The fourth-order valence-corrected chi connectivity index (χ4v) is 3.85. The topological polar surface area (TPSA) is 55.9 Å². The summed E-state index contributed by atoms with van der Waals surface area (Å²) in [7, 11) is 0. The quantitative estimate of drug-likeness (QED) is 0.801. The van der Waals surface area contributed by atoms with Crippen molar-refractivity contribution < 1.29 is 9.59 Å². The van der Waals surface area contributed by atoms with Crippen LogP contribution >= 0.6 is 11.3 Å². The highest BCUT2D eigenvalue weighted by molar-refractivity contribution is 7.09.